The van der Waals surface area contributed by atoms with Gasteiger partial charge < -0.3 is 4.90 Å². The summed E-state index contributed by atoms with van der Waals surface area (Å²) in [6.45, 7) is 4.83. The zero-order chi connectivity index (χ0) is 38.3. The molecule has 280 valence electrons. The smallest absolute Gasteiger partial charge is 0.0540 e. The molecule has 6 aliphatic rings. The summed E-state index contributed by atoms with van der Waals surface area (Å²) in [6.07, 6.45) is 6.99. The zero-order valence-electron chi connectivity index (χ0n) is 33.4. The van der Waals surface area contributed by atoms with Crippen molar-refractivity contribution in [1.29, 1.82) is 0 Å². The van der Waals surface area contributed by atoms with Gasteiger partial charge in [-0.15, -0.1) is 0 Å². The van der Waals surface area contributed by atoms with Gasteiger partial charge in [0.1, 0.15) is 0 Å². The molecule has 14 rings (SSSR count). The van der Waals surface area contributed by atoms with Crippen LogP contribution in [-0.2, 0) is 10.8 Å². The number of anilines is 3. The van der Waals surface area contributed by atoms with Gasteiger partial charge in [0.25, 0.3) is 0 Å². The van der Waals surface area contributed by atoms with Crippen molar-refractivity contribution in [2.24, 2.45) is 23.7 Å². The maximum atomic E-state index is 2.66. The Hall–Kier alpha value is -5.92. The third-order valence-electron chi connectivity index (χ3n) is 15.8. The fourth-order valence-corrected chi connectivity index (χ4v) is 13.8. The fourth-order valence-electron chi connectivity index (χ4n) is 13.8. The van der Waals surface area contributed by atoms with Crippen LogP contribution < -0.4 is 4.90 Å². The molecule has 0 heterocycles. The van der Waals surface area contributed by atoms with Crippen LogP contribution in [0, 0.1) is 23.7 Å². The Kier molecular flexibility index (Phi) is 6.75. The Morgan fingerprint density at radius 1 is 0.414 bits per heavy atom. The normalized spacial score (nSPS) is 23.9. The van der Waals surface area contributed by atoms with Crippen LogP contribution in [0.15, 0.2) is 164 Å². The van der Waals surface area contributed by atoms with Crippen molar-refractivity contribution in [3.05, 3.63) is 186 Å². The van der Waals surface area contributed by atoms with Crippen LogP contribution in [0.4, 0.5) is 17.1 Å². The van der Waals surface area contributed by atoms with Crippen molar-refractivity contribution in [1.82, 2.24) is 0 Å². The van der Waals surface area contributed by atoms with E-state index in [9.17, 15) is 0 Å². The molecule has 0 aromatic heterocycles. The van der Waals surface area contributed by atoms with Crippen LogP contribution in [-0.4, -0.2) is 0 Å². The van der Waals surface area contributed by atoms with Gasteiger partial charge in [0.2, 0.25) is 0 Å². The molecule has 0 atom stereocenters. The van der Waals surface area contributed by atoms with E-state index >= 15 is 0 Å². The number of hydrogen-bond donors (Lipinski definition) is 0. The van der Waals surface area contributed by atoms with E-state index in [0.29, 0.717) is 11.8 Å². The van der Waals surface area contributed by atoms with E-state index in [0.717, 1.165) is 11.8 Å². The summed E-state index contributed by atoms with van der Waals surface area (Å²) in [5.74, 6) is 3.25. The Labute approximate surface area is 342 Å². The lowest BCUT2D eigenvalue weighted by molar-refractivity contribution is -0.0399. The highest BCUT2D eigenvalue weighted by molar-refractivity contribution is 6.09. The summed E-state index contributed by atoms with van der Waals surface area (Å²) in [5, 5.41) is 5.15. The van der Waals surface area contributed by atoms with Crippen molar-refractivity contribution in [2.75, 3.05) is 4.90 Å². The first-order valence-electron chi connectivity index (χ1n) is 21.8. The van der Waals surface area contributed by atoms with Gasteiger partial charge in [0.05, 0.1) is 5.69 Å². The zero-order valence-corrected chi connectivity index (χ0v) is 33.4. The van der Waals surface area contributed by atoms with E-state index in [2.05, 4.69) is 183 Å². The van der Waals surface area contributed by atoms with Gasteiger partial charge in [-0.3, -0.25) is 0 Å². The number of fused-ring (bicyclic) bond motifs is 9. The molecule has 0 amide bonds. The average molecular weight is 746 g/mol. The van der Waals surface area contributed by atoms with Crippen LogP contribution in [0.2, 0.25) is 0 Å². The van der Waals surface area contributed by atoms with E-state index in [1.54, 1.807) is 11.1 Å². The molecule has 8 aromatic rings. The summed E-state index contributed by atoms with van der Waals surface area (Å²) >= 11 is 0. The lowest BCUT2D eigenvalue weighted by atomic mass is 9.43. The van der Waals surface area contributed by atoms with E-state index in [1.165, 1.54) is 115 Å². The second kappa shape index (κ2) is 11.8. The summed E-state index contributed by atoms with van der Waals surface area (Å²) < 4.78 is 0. The van der Waals surface area contributed by atoms with Crippen molar-refractivity contribution >= 4 is 38.6 Å². The molecule has 0 N–H and O–H groups in total. The Morgan fingerprint density at radius 3 is 1.76 bits per heavy atom. The highest BCUT2D eigenvalue weighted by atomic mass is 15.1. The first kappa shape index (κ1) is 33.1. The molecule has 4 fully saturated rings. The lowest BCUT2D eigenvalue weighted by Gasteiger charge is -2.61. The molecule has 6 aliphatic carbocycles. The van der Waals surface area contributed by atoms with Gasteiger partial charge in [0, 0.05) is 27.8 Å². The summed E-state index contributed by atoms with van der Waals surface area (Å²) in [5.41, 5.74) is 17.9. The molecule has 1 spiro atoms. The van der Waals surface area contributed by atoms with E-state index in [1.807, 2.05) is 0 Å². The van der Waals surface area contributed by atoms with Gasteiger partial charge in [-0.05, 0) is 158 Å². The predicted octanol–water partition coefficient (Wildman–Crippen LogP) is 15.2. The van der Waals surface area contributed by atoms with Crippen molar-refractivity contribution in [3.8, 4) is 33.4 Å². The SMILES string of the molecule is CC1(C)c2ccccc2-c2cccc(-c3ccccc3N(c3ccc4c(c3)C3(c5ccccc5-4)C4CC5CC(C4)CC3C5)c3ccc4c(ccc5ccccc54)c3)c21. The van der Waals surface area contributed by atoms with Gasteiger partial charge in [0.15, 0.2) is 0 Å². The van der Waals surface area contributed by atoms with Gasteiger partial charge in [-0.2, -0.15) is 0 Å². The van der Waals surface area contributed by atoms with Gasteiger partial charge in [-0.25, -0.2) is 0 Å². The number of para-hydroxylation sites is 1. The number of rotatable bonds is 4. The minimum Gasteiger partial charge on any atom is -0.310 e. The van der Waals surface area contributed by atoms with Gasteiger partial charge >= 0.3 is 0 Å². The van der Waals surface area contributed by atoms with E-state index in [-0.39, 0.29) is 10.8 Å². The molecule has 0 radical (unpaired) electrons. The second-order valence-corrected chi connectivity index (χ2v) is 18.9. The first-order valence-corrected chi connectivity index (χ1v) is 21.8. The van der Waals surface area contributed by atoms with E-state index < -0.39 is 0 Å². The lowest BCUT2D eigenvalue weighted by Crippen LogP contribution is -2.55. The van der Waals surface area contributed by atoms with Crippen LogP contribution in [0.25, 0.3) is 54.9 Å². The van der Waals surface area contributed by atoms with Crippen LogP contribution in [0.1, 0.15) is 68.2 Å². The number of hydrogen-bond acceptors (Lipinski definition) is 1. The maximum Gasteiger partial charge on any atom is 0.0540 e. The van der Waals surface area contributed by atoms with Gasteiger partial charge in [-0.1, -0.05) is 147 Å². The van der Waals surface area contributed by atoms with Crippen molar-refractivity contribution in [3.63, 3.8) is 0 Å². The van der Waals surface area contributed by atoms with Crippen LogP contribution in [0.5, 0.6) is 0 Å². The summed E-state index contributed by atoms with van der Waals surface area (Å²) in [7, 11) is 0. The highest BCUT2D eigenvalue weighted by Gasteiger charge is 2.61. The standard InChI is InChI=1S/C57H47N/c1-56(2)51-19-8-5-15-46(51)49-17-11-18-50(55(49)56)48-16-7-10-21-54(48)58(41-24-26-44-38(33-41)23-22-37-12-3-4-13-43(37)44)42-25-27-47-45-14-6-9-20-52(45)57(53(47)34-42)39-29-35-28-36(31-39)32-40(57)30-35/h3-27,33-36,39-40H,28-32H2,1-2H3. The number of nitrogens with zero attached hydrogens (tertiary/aromatic N) is 1. The molecule has 58 heavy (non-hydrogen) atoms. The average Bonchev–Trinajstić information content (AvgIpc) is 3.68. The minimum atomic E-state index is -0.129. The number of benzene rings is 8. The quantitative estimate of drug-likeness (QED) is 0.162. The first-order chi connectivity index (χ1) is 28.5. The second-order valence-electron chi connectivity index (χ2n) is 18.9. The van der Waals surface area contributed by atoms with Crippen molar-refractivity contribution in [2.45, 2.75) is 56.8 Å². The van der Waals surface area contributed by atoms with Crippen LogP contribution >= 0.6 is 0 Å². The topological polar surface area (TPSA) is 3.24 Å². The largest absolute Gasteiger partial charge is 0.310 e. The maximum absolute atomic E-state index is 2.66. The van der Waals surface area contributed by atoms with E-state index in [4.69, 9.17) is 0 Å². The summed E-state index contributed by atoms with van der Waals surface area (Å²) in [4.78, 5) is 2.60. The Morgan fingerprint density at radius 2 is 0.966 bits per heavy atom. The Balaban J connectivity index is 1.06. The molecule has 8 aromatic carbocycles. The molecule has 0 saturated heterocycles. The molecule has 1 nitrogen and oxygen atoms in total. The molecular weight excluding hydrogens is 699 g/mol. The summed E-state index contributed by atoms with van der Waals surface area (Å²) in [6, 6.07) is 62.9. The molecule has 1 heteroatoms. The van der Waals surface area contributed by atoms with Crippen molar-refractivity contribution < 1.29 is 0 Å². The Bertz CT molecular complexity index is 2990. The van der Waals surface area contributed by atoms with Crippen LogP contribution in [0.3, 0.4) is 0 Å². The molecular formula is C57H47N. The fraction of sp³-hybridized carbons (Fsp3) is 0.228. The third kappa shape index (κ3) is 4.32. The molecule has 4 bridgehead atoms. The predicted molar refractivity (Wildman–Crippen MR) is 242 cm³/mol. The molecule has 0 aliphatic heterocycles. The molecule has 4 saturated carbocycles. The molecule has 0 unspecified atom stereocenters. The minimum absolute atomic E-state index is 0.0961. The highest BCUT2D eigenvalue weighted by Crippen LogP contribution is 2.69. The monoisotopic (exact) mass is 745 g/mol. The third-order valence-corrected chi connectivity index (χ3v) is 15.8.